The van der Waals surface area contributed by atoms with Gasteiger partial charge in [0.15, 0.2) is 0 Å². The lowest BCUT2D eigenvalue weighted by atomic mass is 10.2. The summed E-state index contributed by atoms with van der Waals surface area (Å²) in [5.74, 6) is -2.26. The van der Waals surface area contributed by atoms with E-state index in [9.17, 15) is 22.8 Å². The molecule has 3 N–H and O–H groups in total. The highest BCUT2D eigenvalue weighted by Crippen LogP contribution is 2.17. The first kappa shape index (κ1) is 16.7. The quantitative estimate of drug-likeness (QED) is 0.644. The Morgan fingerprint density at radius 1 is 1.17 bits per heavy atom. The molecule has 0 aromatic heterocycles. The van der Waals surface area contributed by atoms with Gasteiger partial charge in [-0.05, 0) is 19.4 Å². The number of amides is 1. The van der Waals surface area contributed by atoms with Crippen LogP contribution in [0, 0.1) is 0 Å². The molecular weight excluding hydrogens is 253 g/mol. The van der Waals surface area contributed by atoms with E-state index < -0.39 is 31.1 Å². The van der Waals surface area contributed by atoms with Crippen molar-refractivity contribution >= 4 is 11.9 Å². The van der Waals surface area contributed by atoms with Crippen LogP contribution in [0.1, 0.15) is 25.7 Å². The minimum Gasteiger partial charge on any atom is -0.480 e. The van der Waals surface area contributed by atoms with Crippen molar-refractivity contribution in [2.24, 2.45) is 5.73 Å². The second-order valence-electron chi connectivity index (χ2n) is 3.86. The molecule has 0 aliphatic rings. The SMILES string of the molecule is NCCCCCC(=O)N(CC(=O)O)CC(F)(F)F. The highest BCUT2D eigenvalue weighted by atomic mass is 19.4. The van der Waals surface area contributed by atoms with Gasteiger partial charge in [-0.15, -0.1) is 0 Å². The number of unbranched alkanes of at least 4 members (excludes halogenated alkanes) is 2. The Bertz CT molecular complexity index is 282. The molecule has 0 aromatic carbocycles. The molecule has 5 nitrogen and oxygen atoms in total. The van der Waals surface area contributed by atoms with E-state index in [4.69, 9.17) is 10.8 Å². The number of carboxylic acid groups (broad SMARTS) is 1. The van der Waals surface area contributed by atoms with Crippen molar-refractivity contribution in [2.45, 2.75) is 31.9 Å². The van der Waals surface area contributed by atoms with Crippen molar-refractivity contribution in [2.75, 3.05) is 19.6 Å². The highest BCUT2D eigenvalue weighted by molar-refractivity contribution is 5.81. The molecule has 106 valence electrons. The number of hydrogen-bond acceptors (Lipinski definition) is 3. The average Bonchev–Trinajstić information content (AvgIpc) is 2.20. The number of nitrogens with zero attached hydrogens (tertiary/aromatic N) is 1. The molecule has 0 aliphatic carbocycles. The summed E-state index contributed by atoms with van der Waals surface area (Å²) in [5.41, 5.74) is 5.23. The largest absolute Gasteiger partial charge is 0.480 e. The normalized spacial score (nSPS) is 11.3. The van der Waals surface area contributed by atoms with Gasteiger partial charge in [0.25, 0.3) is 0 Å². The van der Waals surface area contributed by atoms with Crippen LogP contribution in [-0.4, -0.2) is 47.7 Å². The van der Waals surface area contributed by atoms with Gasteiger partial charge in [-0.3, -0.25) is 9.59 Å². The van der Waals surface area contributed by atoms with E-state index in [0.29, 0.717) is 30.7 Å². The van der Waals surface area contributed by atoms with Crippen molar-refractivity contribution in [3.8, 4) is 0 Å². The van der Waals surface area contributed by atoms with Gasteiger partial charge in [-0.25, -0.2) is 0 Å². The van der Waals surface area contributed by atoms with E-state index in [-0.39, 0.29) is 6.42 Å². The number of alkyl halides is 3. The number of carbonyl (C=O) groups excluding carboxylic acids is 1. The number of hydrogen-bond donors (Lipinski definition) is 2. The predicted molar refractivity (Wildman–Crippen MR) is 57.8 cm³/mol. The van der Waals surface area contributed by atoms with Crippen LogP contribution >= 0.6 is 0 Å². The molecular formula is C10H17F3N2O3. The van der Waals surface area contributed by atoms with E-state index in [1.54, 1.807) is 0 Å². The van der Waals surface area contributed by atoms with Crippen molar-refractivity contribution in [3.05, 3.63) is 0 Å². The third kappa shape index (κ3) is 8.80. The summed E-state index contributed by atoms with van der Waals surface area (Å²) >= 11 is 0. The van der Waals surface area contributed by atoms with Gasteiger partial charge in [0, 0.05) is 6.42 Å². The summed E-state index contributed by atoms with van der Waals surface area (Å²) in [7, 11) is 0. The zero-order chi connectivity index (χ0) is 14.2. The summed E-state index contributed by atoms with van der Waals surface area (Å²) in [6, 6.07) is 0. The summed E-state index contributed by atoms with van der Waals surface area (Å²) in [5, 5.41) is 8.46. The van der Waals surface area contributed by atoms with Crippen molar-refractivity contribution in [3.63, 3.8) is 0 Å². The van der Waals surface area contributed by atoms with Gasteiger partial charge in [-0.1, -0.05) is 6.42 Å². The molecule has 8 heteroatoms. The maximum absolute atomic E-state index is 12.2. The Balaban J connectivity index is 4.27. The predicted octanol–water partition coefficient (Wildman–Crippen LogP) is 0.981. The second kappa shape index (κ2) is 7.91. The van der Waals surface area contributed by atoms with Gasteiger partial charge in [0.05, 0.1) is 0 Å². The fraction of sp³-hybridized carbons (Fsp3) is 0.800. The number of nitrogens with two attached hydrogens (primary N) is 1. The lowest BCUT2D eigenvalue weighted by molar-refractivity contribution is -0.165. The third-order valence-electron chi connectivity index (χ3n) is 2.14. The number of carbonyl (C=O) groups is 2. The Morgan fingerprint density at radius 2 is 1.78 bits per heavy atom. The maximum atomic E-state index is 12.2. The van der Waals surface area contributed by atoms with Gasteiger partial charge in [-0.2, -0.15) is 13.2 Å². The molecule has 1 amide bonds. The first-order valence-electron chi connectivity index (χ1n) is 5.52. The van der Waals surface area contributed by atoms with Gasteiger partial charge >= 0.3 is 12.1 Å². The highest BCUT2D eigenvalue weighted by Gasteiger charge is 2.33. The van der Waals surface area contributed by atoms with E-state index in [2.05, 4.69) is 0 Å². The molecule has 0 rings (SSSR count). The Hall–Kier alpha value is -1.31. The zero-order valence-corrected chi connectivity index (χ0v) is 9.87. The lowest BCUT2D eigenvalue weighted by Crippen LogP contribution is -2.41. The van der Waals surface area contributed by atoms with Gasteiger partial charge in [0.1, 0.15) is 13.1 Å². The van der Waals surface area contributed by atoms with Crippen LogP contribution < -0.4 is 5.73 Å². The van der Waals surface area contributed by atoms with Crippen molar-refractivity contribution < 1.29 is 27.9 Å². The molecule has 0 unspecified atom stereocenters. The maximum Gasteiger partial charge on any atom is 0.406 e. The Labute approximate surface area is 103 Å². The van der Waals surface area contributed by atoms with Crippen molar-refractivity contribution in [1.82, 2.24) is 4.90 Å². The van der Waals surface area contributed by atoms with Crippen LogP contribution in [0.4, 0.5) is 13.2 Å². The van der Waals surface area contributed by atoms with Crippen LogP contribution in [-0.2, 0) is 9.59 Å². The fourth-order valence-corrected chi connectivity index (χ4v) is 1.37. The molecule has 0 spiro atoms. The summed E-state index contributed by atoms with van der Waals surface area (Å²) in [4.78, 5) is 22.2. The van der Waals surface area contributed by atoms with Gasteiger partial charge in [0.2, 0.25) is 5.91 Å². The first-order chi connectivity index (χ1) is 8.26. The molecule has 0 radical (unpaired) electrons. The van der Waals surface area contributed by atoms with Crippen LogP contribution in [0.15, 0.2) is 0 Å². The molecule has 0 saturated carbocycles. The van der Waals surface area contributed by atoms with Gasteiger partial charge < -0.3 is 15.7 Å². The summed E-state index contributed by atoms with van der Waals surface area (Å²) < 4.78 is 36.5. The summed E-state index contributed by atoms with van der Waals surface area (Å²) in [6.45, 7) is -2.01. The summed E-state index contributed by atoms with van der Waals surface area (Å²) in [6.07, 6.45) is -2.96. The second-order valence-corrected chi connectivity index (χ2v) is 3.86. The lowest BCUT2D eigenvalue weighted by Gasteiger charge is -2.22. The van der Waals surface area contributed by atoms with E-state index >= 15 is 0 Å². The Kier molecular flexibility index (Phi) is 7.33. The molecule has 0 fully saturated rings. The zero-order valence-electron chi connectivity index (χ0n) is 9.87. The molecule has 0 aliphatic heterocycles. The molecule has 0 aromatic rings. The molecule has 18 heavy (non-hydrogen) atoms. The Morgan fingerprint density at radius 3 is 2.22 bits per heavy atom. The number of carboxylic acids is 1. The fourth-order valence-electron chi connectivity index (χ4n) is 1.37. The monoisotopic (exact) mass is 270 g/mol. The number of aliphatic carboxylic acids is 1. The van der Waals surface area contributed by atoms with E-state index in [0.717, 1.165) is 0 Å². The molecule has 0 atom stereocenters. The smallest absolute Gasteiger partial charge is 0.406 e. The third-order valence-corrected chi connectivity index (χ3v) is 2.14. The minimum atomic E-state index is -4.59. The standard InChI is InChI=1S/C10H17F3N2O3/c11-10(12,13)7-15(6-9(17)18)8(16)4-2-1-3-5-14/h1-7,14H2,(H,17,18). The first-order valence-corrected chi connectivity index (χ1v) is 5.52. The average molecular weight is 270 g/mol. The molecule has 0 saturated heterocycles. The van der Waals surface area contributed by atoms with E-state index in [1.807, 2.05) is 0 Å². The minimum absolute atomic E-state index is 0.0939. The topological polar surface area (TPSA) is 83.6 Å². The molecule has 0 heterocycles. The van der Waals surface area contributed by atoms with Crippen LogP contribution in [0.5, 0.6) is 0 Å². The molecule has 0 bridgehead atoms. The van der Waals surface area contributed by atoms with E-state index in [1.165, 1.54) is 0 Å². The van der Waals surface area contributed by atoms with Crippen molar-refractivity contribution in [1.29, 1.82) is 0 Å². The number of halogens is 3. The van der Waals surface area contributed by atoms with Crippen LogP contribution in [0.25, 0.3) is 0 Å². The van der Waals surface area contributed by atoms with Crippen LogP contribution in [0.2, 0.25) is 0 Å². The number of rotatable bonds is 8. The van der Waals surface area contributed by atoms with Crippen LogP contribution in [0.3, 0.4) is 0 Å².